The van der Waals surface area contributed by atoms with Crippen molar-refractivity contribution < 1.29 is 22.7 Å². The Balaban J connectivity index is 1.92. The van der Waals surface area contributed by atoms with Crippen LogP contribution in [-0.4, -0.2) is 46.5 Å². The molecule has 33 heavy (non-hydrogen) atoms. The lowest BCUT2D eigenvalue weighted by Crippen LogP contribution is -2.30. The number of amides is 1. The number of benzene rings is 2. The van der Waals surface area contributed by atoms with Gasteiger partial charge in [0.2, 0.25) is 10.0 Å². The molecular weight excluding hydrogens is 440 g/mol. The minimum atomic E-state index is -3.89. The van der Waals surface area contributed by atoms with E-state index in [-0.39, 0.29) is 22.3 Å². The van der Waals surface area contributed by atoms with Gasteiger partial charge in [0.05, 0.1) is 24.7 Å². The summed E-state index contributed by atoms with van der Waals surface area (Å²) < 4.78 is 40.1. The van der Waals surface area contributed by atoms with Gasteiger partial charge >= 0.3 is 0 Å². The number of hydrogen-bond acceptors (Lipinski definition) is 5. The summed E-state index contributed by atoms with van der Waals surface area (Å²) in [6, 6.07) is 7.89. The van der Waals surface area contributed by atoms with Gasteiger partial charge in [0.15, 0.2) is 0 Å². The first-order valence-corrected chi connectivity index (χ1v) is 12.8. The smallest absolute Gasteiger partial charge is 0.257 e. The maximum atomic E-state index is 13.3. The molecule has 1 aliphatic rings. The summed E-state index contributed by atoms with van der Waals surface area (Å²) >= 11 is 0. The Labute approximate surface area is 197 Å². The lowest BCUT2D eigenvalue weighted by Gasteiger charge is -2.21. The quantitative estimate of drug-likeness (QED) is 0.613. The van der Waals surface area contributed by atoms with Crippen LogP contribution in [0.3, 0.4) is 0 Å². The van der Waals surface area contributed by atoms with Crippen LogP contribution in [0.1, 0.15) is 72.6 Å². The SMILES string of the molecule is COc1ccc(S(=O)(=O)NC(C)c2cc(C(C)C)c(OC)cc2C)cc1C(=O)N1CCCC1. The van der Waals surface area contributed by atoms with E-state index in [9.17, 15) is 13.2 Å². The molecule has 0 aliphatic carbocycles. The van der Waals surface area contributed by atoms with Crippen molar-refractivity contribution >= 4 is 15.9 Å². The van der Waals surface area contributed by atoms with E-state index in [0.717, 1.165) is 35.3 Å². The minimum Gasteiger partial charge on any atom is -0.496 e. The Bertz CT molecular complexity index is 1120. The molecule has 3 rings (SSSR count). The van der Waals surface area contributed by atoms with E-state index in [1.165, 1.54) is 25.3 Å². The minimum absolute atomic E-state index is 0.0351. The Morgan fingerprint density at radius 2 is 1.61 bits per heavy atom. The highest BCUT2D eigenvalue weighted by Crippen LogP contribution is 2.33. The molecule has 8 heteroatoms. The zero-order chi connectivity index (χ0) is 24.3. The number of methoxy groups -OCH3 is 2. The summed E-state index contributed by atoms with van der Waals surface area (Å²) in [5.41, 5.74) is 3.10. The van der Waals surface area contributed by atoms with Gasteiger partial charge in [-0.15, -0.1) is 0 Å². The highest BCUT2D eigenvalue weighted by Gasteiger charge is 2.26. The molecule has 7 nitrogen and oxygen atoms in total. The number of aryl methyl sites for hydroxylation is 1. The summed E-state index contributed by atoms with van der Waals surface area (Å²) in [5.74, 6) is 1.18. The third-order valence-corrected chi connectivity index (χ3v) is 7.68. The van der Waals surface area contributed by atoms with Crippen LogP contribution in [-0.2, 0) is 10.0 Å². The molecule has 1 N–H and O–H groups in total. The van der Waals surface area contributed by atoms with Crippen molar-refractivity contribution in [3.63, 3.8) is 0 Å². The van der Waals surface area contributed by atoms with Crippen LogP contribution in [0.25, 0.3) is 0 Å². The third kappa shape index (κ3) is 5.33. The first kappa shape index (κ1) is 25.1. The lowest BCUT2D eigenvalue weighted by molar-refractivity contribution is 0.0789. The van der Waals surface area contributed by atoms with E-state index < -0.39 is 16.1 Å². The van der Waals surface area contributed by atoms with Crippen LogP contribution in [0.15, 0.2) is 35.2 Å². The zero-order valence-corrected chi connectivity index (χ0v) is 21.1. The summed E-state index contributed by atoms with van der Waals surface area (Å²) in [4.78, 5) is 14.7. The monoisotopic (exact) mass is 474 g/mol. The van der Waals surface area contributed by atoms with Gasteiger partial charge in [-0.3, -0.25) is 4.79 Å². The van der Waals surface area contributed by atoms with Gasteiger partial charge in [-0.2, -0.15) is 0 Å². The van der Waals surface area contributed by atoms with Crippen LogP contribution in [0.2, 0.25) is 0 Å². The topological polar surface area (TPSA) is 84.9 Å². The van der Waals surface area contributed by atoms with Crippen LogP contribution in [0.5, 0.6) is 11.5 Å². The molecule has 0 bridgehead atoms. The Morgan fingerprint density at radius 3 is 2.18 bits per heavy atom. The Hall–Kier alpha value is -2.58. The van der Waals surface area contributed by atoms with Gasteiger partial charge in [-0.25, -0.2) is 13.1 Å². The van der Waals surface area contributed by atoms with Crippen molar-refractivity contribution in [2.45, 2.75) is 57.4 Å². The molecule has 180 valence electrons. The van der Waals surface area contributed by atoms with E-state index in [1.54, 1.807) is 12.0 Å². The predicted octanol–water partition coefficient (Wildman–Crippen LogP) is 4.41. The number of hydrogen-bond donors (Lipinski definition) is 1. The second-order valence-electron chi connectivity index (χ2n) is 8.81. The van der Waals surface area contributed by atoms with Gasteiger partial charge in [0, 0.05) is 19.1 Å². The van der Waals surface area contributed by atoms with Crippen LogP contribution in [0, 0.1) is 6.92 Å². The predicted molar refractivity (Wildman–Crippen MR) is 129 cm³/mol. The highest BCUT2D eigenvalue weighted by molar-refractivity contribution is 7.89. The normalized spacial score (nSPS) is 15.1. The molecular formula is C25H34N2O5S. The van der Waals surface area contributed by atoms with E-state index >= 15 is 0 Å². The molecule has 1 aliphatic heterocycles. The number of ether oxygens (including phenoxy) is 2. The molecule has 0 saturated carbocycles. The maximum absolute atomic E-state index is 13.3. The maximum Gasteiger partial charge on any atom is 0.257 e. The van der Waals surface area contributed by atoms with Gasteiger partial charge in [-0.05, 0) is 79.6 Å². The molecule has 0 spiro atoms. The van der Waals surface area contributed by atoms with Crippen LogP contribution >= 0.6 is 0 Å². The lowest BCUT2D eigenvalue weighted by atomic mass is 9.94. The number of likely N-dealkylation sites (tertiary alicyclic amines) is 1. The molecule has 1 heterocycles. The molecule has 0 radical (unpaired) electrons. The molecule has 1 atom stereocenters. The molecule has 2 aromatic rings. The molecule has 2 aromatic carbocycles. The van der Waals surface area contributed by atoms with E-state index in [4.69, 9.17) is 9.47 Å². The third-order valence-electron chi connectivity index (χ3n) is 6.14. The van der Waals surface area contributed by atoms with Gasteiger partial charge in [0.25, 0.3) is 5.91 Å². The van der Waals surface area contributed by atoms with Gasteiger partial charge in [0.1, 0.15) is 11.5 Å². The standard InChI is InChI=1S/C25H34N2O5S/c1-16(2)20-15-21(17(3)13-24(20)32-6)18(4)26-33(29,30)19-9-10-23(31-5)22(14-19)25(28)27-11-7-8-12-27/h9-10,13-16,18,26H,7-8,11-12H2,1-6H3. The van der Waals surface area contributed by atoms with E-state index in [2.05, 4.69) is 18.6 Å². The second kappa shape index (κ2) is 10.1. The number of carbonyl (C=O) groups excluding carboxylic acids is 1. The number of nitrogens with zero attached hydrogens (tertiary/aromatic N) is 1. The first-order chi connectivity index (χ1) is 15.6. The summed E-state index contributed by atoms with van der Waals surface area (Å²) in [5, 5.41) is 0. The van der Waals surface area contributed by atoms with Gasteiger partial charge in [-0.1, -0.05) is 13.8 Å². The van der Waals surface area contributed by atoms with Crippen molar-refractivity contribution in [2.24, 2.45) is 0 Å². The van der Waals surface area contributed by atoms with Crippen molar-refractivity contribution in [1.29, 1.82) is 0 Å². The Kier molecular flexibility index (Phi) is 7.69. The summed E-state index contributed by atoms with van der Waals surface area (Å²) in [6.07, 6.45) is 1.90. The molecule has 1 amide bonds. The molecule has 1 fully saturated rings. The molecule has 1 unspecified atom stereocenters. The highest BCUT2D eigenvalue weighted by atomic mass is 32.2. The molecule has 0 aromatic heterocycles. The number of sulfonamides is 1. The second-order valence-corrected chi connectivity index (χ2v) is 10.5. The first-order valence-electron chi connectivity index (χ1n) is 11.3. The zero-order valence-electron chi connectivity index (χ0n) is 20.3. The van der Waals surface area contributed by atoms with Crippen LogP contribution in [0.4, 0.5) is 0 Å². The number of rotatable bonds is 8. The Morgan fingerprint density at radius 1 is 0.970 bits per heavy atom. The van der Waals surface area contributed by atoms with Crippen LogP contribution < -0.4 is 14.2 Å². The summed E-state index contributed by atoms with van der Waals surface area (Å²) in [7, 11) is -0.774. The van der Waals surface area contributed by atoms with Crippen molar-refractivity contribution in [3.8, 4) is 11.5 Å². The van der Waals surface area contributed by atoms with Crippen molar-refractivity contribution in [3.05, 3.63) is 52.6 Å². The average Bonchev–Trinajstić information content (AvgIpc) is 3.32. The van der Waals surface area contributed by atoms with Crippen molar-refractivity contribution in [1.82, 2.24) is 9.62 Å². The van der Waals surface area contributed by atoms with Crippen molar-refractivity contribution in [2.75, 3.05) is 27.3 Å². The summed E-state index contributed by atoms with van der Waals surface area (Å²) in [6.45, 7) is 9.24. The molecule has 1 saturated heterocycles. The fourth-order valence-corrected chi connectivity index (χ4v) is 5.54. The fourth-order valence-electron chi connectivity index (χ4n) is 4.29. The number of carbonyl (C=O) groups is 1. The number of nitrogens with one attached hydrogen (secondary N) is 1. The van der Waals surface area contributed by atoms with Gasteiger partial charge < -0.3 is 14.4 Å². The van der Waals surface area contributed by atoms with E-state index in [1.807, 2.05) is 26.0 Å². The fraction of sp³-hybridized carbons (Fsp3) is 0.480. The average molecular weight is 475 g/mol. The largest absolute Gasteiger partial charge is 0.496 e. The van der Waals surface area contributed by atoms with E-state index in [0.29, 0.717) is 18.8 Å².